The van der Waals surface area contributed by atoms with Crippen LogP contribution in [0.25, 0.3) is 0 Å². The highest BCUT2D eigenvalue weighted by atomic mass is 16.4. The number of hydrogen-bond donors (Lipinski definition) is 2. The largest absolute Gasteiger partial charge is 0.481 e. The van der Waals surface area contributed by atoms with Crippen molar-refractivity contribution in [3.05, 3.63) is 0 Å². The summed E-state index contributed by atoms with van der Waals surface area (Å²) in [5, 5.41) is 11.1. The van der Waals surface area contributed by atoms with Crippen LogP contribution in [0.15, 0.2) is 0 Å². The molecule has 16 heavy (non-hydrogen) atoms. The van der Waals surface area contributed by atoms with Gasteiger partial charge in [-0.05, 0) is 18.8 Å². The SMILES string of the molecule is CC(=O)C(=O)N[C@H](CCC(=O)O)CC(C)C. The Morgan fingerprint density at radius 1 is 1.25 bits per heavy atom. The van der Waals surface area contributed by atoms with E-state index in [9.17, 15) is 14.4 Å². The lowest BCUT2D eigenvalue weighted by molar-refractivity contribution is -0.138. The van der Waals surface area contributed by atoms with Crippen LogP contribution in [-0.2, 0) is 14.4 Å². The highest BCUT2D eigenvalue weighted by molar-refractivity contribution is 6.35. The number of Topliss-reactive ketones (excluding diaryl/α,β-unsaturated/α-hetero) is 1. The van der Waals surface area contributed by atoms with Gasteiger partial charge in [0.15, 0.2) is 0 Å². The first-order valence-electron chi connectivity index (χ1n) is 5.36. The highest BCUT2D eigenvalue weighted by Gasteiger charge is 2.17. The third-order valence-electron chi connectivity index (χ3n) is 2.12. The summed E-state index contributed by atoms with van der Waals surface area (Å²) in [4.78, 5) is 32.4. The van der Waals surface area contributed by atoms with Gasteiger partial charge in [-0.1, -0.05) is 13.8 Å². The first kappa shape index (κ1) is 14.6. The minimum Gasteiger partial charge on any atom is -0.481 e. The van der Waals surface area contributed by atoms with E-state index in [0.717, 1.165) is 0 Å². The number of carboxylic acid groups (broad SMARTS) is 1. The van der Waals surface area contributed by atoms with E-state index in [-0.39, 0.29) is 12.5 Å². The zero-order valence-electron chi connectivity index (χ0n) is 9.95. The predicted octanol–water partition coefficient (Wildman–Crippen LogP) is 0.971. The second-order valence-electron chi connectivity index (χ2n) is 4.29. The number of carbonyl (C=O) groups excluding carboxylic acids is 2. The quantitative estimate of drug-likeness (QED) is 0.637. The van der Waals surface area contributed by atoms with Crippen molar-refractivity contribution in [3.8, 4) is 0 Å². The van der Waals surface area contributed by atoms with Crippen molar-refractivity contribution in [2.45, 2.75) is 46.1 Å². The van der Waals surface area contributed by atoms with Crippen molar-refractivity contribution in [2.75, 3.05) is 0 Å². The van der Waals surface area contributed by atoms with Crippen LogP contribution in [-0.4, -0.2) is 28.8 Å². The summed E-state index contributed by atoms with van der Waals surface area (Å²) in [6, 6.07) is -0.243. The molecule has 1 atom stereocenters. The van der Waals surface area contributed by atoms with Crippen molar-refractivity contribution in [1.82, 2.24) is 5.32 Å². The van der Waals surface area contributed by atoms with Crippen LogP contribution in [0.5, 0.6) is 0 Å². The van der Waals surface area contributed by atoms with Crippen LogP contribution >= 0.6 is 0 Å². The molecule has 0 heterocycles. The van der Waals surface area contributed by atoms with Gasteiger partial charge in [0.1, 0.15) is 0 Å². The lowest BCUT2D eigenvalue weighted by Crippen LogP contribution is -2.39. The second kappa shape index (κ2) is 6.98. The van der Waals surface area contributed by atoms with E-state index in [4.69, 9.17) is 5.11 Å². The Labute approximate surface area is 95.2 Å². The molecule has 5 heteroatoms. The molecule has 2 N–H and O–H groups in total. The number of rotatable bonds is 7. The van der Waals surface area contributed by atoms with Gasteiger partial charge in [0, 0.05) is 19.4 Å². The average molecular weight is 229 g/mol. The van der Waals surface area contributed by atoms with E-state index in [1.807, 2.05) is 13.8 Å². The minimum absolute atomic E-state index is 0.00439. The van der Waals surface area contributed by atoms with Gasteiger partial charge in [0.2, 0.25) is 5.78 Å². The van der Waals surface area contributed by atoms with E-state index >= 15 is 0 Å². The van der Waals surface area contributed by atoms with E-state index in [2.05, 4.69) is 5.32 Å². The number of nitrogens with one attached hydrogen (secondary N) is 1. The van der Waals surface area contributed by atoms with Gasteiger partial charge < -0.3 is 10.4 Å². The molecule has 0 bridgehead atoms. The van der Waals surface area contributed by atoms with Crippen molar-refractivity contribution in [2.24, 2.45) is 5.92 Å². The molecule has 5 nitrogen and oxygen atoms in total. The number of carbonyl (C=O) groups is 3. The standard InChI is InChI=1S/C11H19NO4/c1-7(2)6-9(4-5-10(14)15)12-11(16)8(3)13/h7,9H,4-6H2,1-3H3,(H,12,16)(H,14,15)/t9-/m1/s1. The van der Waals surface area contributed by atoms with Gasteiger partial charge >= 0.3 is 5.97 Å². The molecular weight excluding hydrogens is 210 g/mol. The molecule has 0 aliphatic rings. The number of hydrogen-bond acceptors (Lipinski definition) is 3. The fraction of sp³-hybridized carbons (Fsp3) is 0.727. The average Bonchev–Trinajstić information content (AvgIpc) is 2.12. The summed E-state index contributed by atoms with van der Waals surface area (Å²) in [5.74, 6) is -1.75. The van der Waals surface area contributed by atoms with Gasteiger partial charge in [-0.25, -0.2) is 0 Å². The van der Waals surface area contributed by atoms with Gasteiger partial charge in [-0.2, -0.15) is 0 Å². The number of aliphatic carboxylic acids is 1. The van der Waals surface area contributed by atoms with Crippen LogP contribution < -0.4 is 5.32 Å². The van der Waals surface area contributed by atoms with Gasteiger partial charge in [0.05, 0.1) is 0 Å². The summed E-state index contributed by atoms with van der Waals surface area (Å²) in [5.41, 5.74) is 0. The van der Waals surface area contributed by atoms with E-state index in [0.29, 0.717) is 18.8 Å². The van der Waals surface area contributed by atoms with Crippen molar-refractivity contribution >= 4 is 17.7 Å². The Morgan fingerprint density at radius 3 is 2.19 bits per heavy atom. The van der Waals surface area contributed by atoms with Crippen molar-refractivity contribution < 1.29 is 19.5 Å². The molecule has 0 aliphatic carbocycles. The molecule has 0 aliphatic heterocycles. The smallest absolute Gasteiger partial charge is 0.303 e. The predicted molar refractivity (Wildman–Crippen MR) is 58.9 cm³/mol. The molecule has 0 radical (unpaired) electrons. The second-order valence-corrected chi connectivity index (χ2v) is 4.29. The maximum Gasteiger partial charge on any atom is 0.303 e. The minimum atomic E-state index is -0.897. The number of carboxylic acids is 1. The summed E-state index contributed by atoms with van der Waals surface area (Å²) < 4.78 is 0. The molecule has 0 saturated carbocycles. The van der Waals surface area contributed by atoms with Gasteiger partial charge in [0.25, 0.3) is 5.91 Å². The lowest BCUT2D eigenvalue weighted by atomic mass is 9.99. The van der Waals surface area contributed by atoms with Crippen molar-refractivity contribution in [3.63, 3.8) is 0 Å². The molecule has 0 saturated heterocycles. The summed E-state index contributed by atoms with van der Waals surface area (Å²) in [6.45, 7) is 5.15. The van der Waals surface area contributed by atoms with E-state index < -0.39 is 17.7 Å². The normalized spacial score (nSPS) is 12.2. The zero-order valence-corrected chi connectivity index (χ0v) is 9.95. The summed E-state index contributed by atoms with van der Waals surface area (Å²) in [6.07, 6.45) is 1.02. The monoisotopic (exact) mass is 229 g/mol. The number of ketones is 1. The molecule has 0 spiro atoms. The maximum absolute atomic E-state index is 11.2. The molecule has 0 rings (SSSR count). The molecule has 0 unspecified atom stereocenters. The van der Waals surface area contributed by atoms with Gasteiger partial charge in [-0.3, -0.25) is 14.4 Å². The van der Waals surface area contributed by atoms with Gasteiger partial charge in [-0.15, -0.1) is 0 Å². The Morgan fingerprint density at radius 2 is 1.81 bits per heavy atom. The molecule has 1 amide bonds. The van der Waals surface area contributed by atoms with Crippen LogP contribution in [0, 0.1) is 5.92 Å². The maximum atomic E-state index is 11.2. The lowest BCUT2D eigenvalue weighted by Gasteiger charge is -2.19. The molecule has 0 aromatic carbocycles. The fourth-order valence-electron chi connectivity index (χ4n) is 1.40. The Kier molecular flexibility index (Phi) is 6.37. The van der Waals surface area contributed by atoms with Crippen LogP contribution in [0.4, 0.5) is 0 Å². The van der Waals surface area contributed by atoms with Crippen molar-refractivity contribution in [1.29, 1.82) is 0 Å². The van der Waals surface area contributed by atoms with E-state index in [1.54, 1.807) is 0 Å². The molecule has 92 valence electrons. The summed E-state index contributed by atoms with van der Waals surface area (Å²) in [7, 11) is 0. The molecule has 0 aromatic heterocycles. The van der Waals surface area contributed by atoms with Crippen LogP contribution in [0.2, 0.25) is 0 Å². The fourth-order valence-corrected chi connectivity index (χ4v) is 1.40. The Hall–Kier alpha value is -1.39. The molecule has 0 aromatic rings. The number of amides is 1. The Bertz CT molecular complexity index is 273. The van der Waals surface area contributed by atoms with E-state index in [1.165, 1.54) is 6.92 Å². The highest BCUT2D eigenvalue weighted by Crippen LogP contribution is 2.10. The molecular formula is C11H19NO4. The Balaban J connectivity index is 4.25. The molecule has 0 fully saturated rings. The third kappa shape index (κ3) is 6.98. The van der Waals surface area contributed by atoms with Crippen LogP contribution in [0.1, 0.15) is 40.0 Å². The van der Waals surface area contributed by atoms with Crippen LogP contribution in [0.3, 0.4) is 0 Å². The third-order valence-corrected chi connectivity index (χ3v) is 2.12. The topological polar surface area (TPSA) is 83.5 Å². The zero-order chi connectivity index (χ0) is 12.7. The summed E-state index contributed by atoms with van der Waals surface area (Å²) >= 11 is 0. The first-order chi connectivity index (χ1) is 7.32. The first-order valence-corrected chi connectivity index (χ1v) is 5.36.